The molecular formula is C8H7FN2O4. The minimum Gasteiger partial charge on any atom is -0.288 e. The first-order chi connectivity index (χ1) is 6.97. The Morgan fingerprint density at radius 2 is 2.20 bits per heavy atom. The number of benzene rings is 1. The van der Waals surface area contributed by atoms with Crippen molar-refractivity contribution < 1.29 is 19.3 Å². The number of rotatable bonds is 2. The van der Waals surface area contributed by atoms with Gasteiger partial charge in [-0.3, -0.25) is 20.1 Å². The molecule has 1 aromatic carbocycles. The highest BCUT2D eigenvalue weighted by molar-refractivity contribution is 5.94. The third-order valence-electron chi connectivity index (χ3n) is 1.80. The van der Waals surface area contributed by atoms with Gasteiger partial charge in [0.1, 0.15) is 5.82 Å². The second-order valence-electron chi connectivity index (χ2n) is 2.82. The van der Waals surface area contributed by atoms with E-state index in [4.69, 9.17) is 5.21 Å². The van der Waals surface area contributed by atoms with Crippen LogP contribution in [0.1, 0.15) is 15.9 Å². The number of nitro benzene ring substituents is 1. The number of nitro groups is 1. The molecule has 0 aliphatic rings. The van der Waals surface area contributed by atoms with E-state index in [1.54, 1.807) is 0 Å². The molecular weight excluding hydrogens is 207 g/mol. The highest BCUT2D eigenvalue weighted by Gasteiger charge is 2.18. The van der Waals surface area contributed by atoms with E-state index >= 15 is 0 Å². The first kappa shape index (κ1) is 11.1. The van der Waals surface area contributed by atoms with Crippen LogP contribution in [-0.4, -0.2) is 16.0 Å². The fourth-order valence-corrected chi connectivity index (χ4v) is 1.08. The quantitative estimate of drug-likeness (QED) is 0.439. The number of halogens is 1. The van der Waals surface area contributed by atoms with Crippen LogP contribution in [0.2, 0.25) is 0 Å². The zero-order valence-corrected chi connectivity index (χ0v) is 7.65. The van der Waals surface area contributed by atoms with Crippen molar-refractivity contribution in [3.8, 4) is 0 Å². The van der Waals surface area contributed by atoms with Crippen LogP contribution >= 0.6 is 0 Å². The van der Waals surface area contributed by atoms with E-state index in [1.165, 1.54) is 12.4 Å². The fourth-order valence-electron chi connectivity index (χ4n) is 1.08. The van der Waals surface area contributed by atoms with E-state index in [2.05, 4.69) is 0 Å². The average Bonchev–Trinajstić information content (AvgIpc) is 2.20. The Hall–Kier alpha value is -2.02. The molecule has 0 aromatic heterocycles. The molecule has 0 bridgehead atoms. The van der Waals surface area contributed by atoms with Crippen molar-refractivity contribution in [2.24, 2.45) is 0 Å². The minimum atomic E-state index is -1.13. The van der Waals surface area contributed by atoms with E-state index in [0.29, 0.717) is 0 Å². The van der Waals surface area contributed by atoms with Gasteiger partial charge in [0.2, 0.25) is 0 Å². The molecule has 15 heavy (non-hydrogen) atoms. The summed E-state index contributed by atoms with van der Waals surface area (Å²) in [5, 5.41) is 18.7. The SMILES string of the molecule is Cc1cc([N+](=O)[O-])cc(C(=O)NO)c1F. The molecule has 0 atom stereocenters. The number of aryl methyl sites for hydroxylation is 1. The van der Waals surface area contributed by atoms with Crippen LogP contribution in [0.25, 0.3) is 0 Å². The summed E-state index contributed by atoms with van der Waals surface area (Å²) in [5.74, 6) is -2.02. The van der Waals surface area contributed by atoms with Crippen molar-refractivity contribution in [2.75, 3.05) is 0 Å². The van der Waals surface area contributed by atoms with Gasteiger partial charge in [0.15, 0.2) is 0 Å². The molecule has 6 nitrogen and oxygen atoms in total. The summed E-state index contributed by atoms with van der Waals surface area (Å²) >= 11 is 0. The highest BCUT2D eigenvalue weighted by Crippen LogP contribution is 2.20. The Morgan fingerprint density at radius 1 is 1.60 bits per heavy atom. The van der Waals surface area contributed by atoms with Crippen molar-refractivity contribution in [1.82, 2.24) is 5.48 Å². The Kier molecular flexibility index (Phi) is 2.96. The topological polar surface area (TPSA) is 92.5 Å². The maximum absolute atomic E-state index is 13.3. The summed E-state index contributed by atoms with van der Waals surface area (Å²) in [5.41, 5.74) is 0.200. The lowest BCUT2D eigenvalue weighted by Gasteiger charge is -2.03. The van der Waals surface area contributed by atoms with Crippen LogP contribution in [0.5, 0.6) is 0 Å². The molecule has 1 aromatic rings. The van der Waals surface area contributed by atoms with E-state index in [0.717, 1.165) is 12.1 Å². The van der Waals surface area contributed by atoms with E-state index in [-0.39, 0.29) is 5.56 Å². The number of amides is 1. The molecule has 0 unspecified atom stereocenters. The van der Waals surface area contributed by atoms with Gasteiger partial charge < -0.3 is 0 Å². The molecule has 0 aliphatic heterocycles. The van der Waals surface area contributed by atoms with E-state index < -0.39 is 27.9 Å². The van der Waals surface area contributed by atoms with E-state index in [9.17, 15) is 19.3 Å². The molecule has 0 heterocycles. The van der Waals surface area contributed by atoms with Gasteiger partial charge in [-0.1, -0.05) is 0 Å². The fraction of sp³-hybridized carbons (Fsp3) is 0.125. The smallest absolute Gasteiger partial charge is 0.277 e. The van der Waals surface area contributed by atoms with Crippen molar-refractivity contribution in [3.63, 3.8) is 0 Å². The average molecular weight is 214 g/mol. The summed E-state index contributed by atoms with van der Waals surface area (Å²) < 4.78 is 13.3. The zero-order valence-electron chi connectivity index (χ0n) is 7.65. The predicted molar refractivity (Wildman–Crippen MR) is 47.0 cm³/mol. The van der Waals surface area contributed by atoms with Crippen molar-refractivity contribution >= 4 is 11.6 Å². The number of hydrogen-bond acceptors (Lipinski definition) is 4. The second kappa shape index (κ2) is 4.01. The number of carbonyl (C=O) groups excluding carboxylic acids is 1. The molecule has 0 spiro atoms. The first-order valence-electron chi connectivity index (χ1n) is 3.86. The molecule has 0 fully saturated rings. The Labute approximate surface area is 83.4 Å². The molecule has 80 valence electrons. The molecule has 7 heteroatoms. The maximum Gasteiger partial charge on any atom is 0.277 e. The van der Waals surface area contributed by atoms with Crippen molar-refractivity contribution in [3.05, 3.63) is 39.2 Å². The minimum absolute atomic E-state index is 0.0391. The van der Waals surface area contributed by atoms with Crippen LogP contribution in [0.15, 0.2) is 12.1 Å². The highest BCUT2D eigenvalue weighted by atomic mass is 19.1. The molecule has 1 amide bonds. The Balaban J connectivity index is 3.37. The number of hydroxylamine groups is 1. The predicted octanol–water partition coefficient (Wildman–Crippen LogP) is 1.16. The van der Waals surface area contributed by atoms with Crippen molar-refractivity contribution in [1.29, 1.82) is 0 Å². The first-order valence-corrected chi connectivity index (χ1v) is 3.86. The van der Waals surface area contributed by atoms with Crippen LogP contribution < -0.4 is 5.48 Å². The van der Waals surface area contributed by atoms with Gasteiger partial charge in [-0.05, 0) is 12.5 Å². The van der Waals surface area contributed by atoms with Gasteiger partial charge in [0, 0.05) is 12.1 Å². The largest absolute Gasteiger partial charge is 0.288 e. The van der Waals surface area contributed by atoms with Gasteiger partial charge in [-0.15, -0.1) is 0 Å². The third kappa shape index (κ3) is 2.08. The summed E-state index contributed by atoms with van der Waals surface area (Å²) in [4.78, 5) is 20.6. The summed E-state index contributed by atoms with van der Waals surface area (Å²) in [7, 11) is 0. The summed E-state index contributed by atoms with van der Waals surface area (Å²) in [6.45, 7) is 1.29. The van der Waals surface area contributed by atoms with Gasteiger partial charge in [-0.2, -0.15) is 0 Å². The summed E-state index contributed by atoms with van der Waals surface area (Å²) in [6, 6.07) is 1.76. The standard InChI is InChI=1S/C8H7FN2O4/c1-4-2-5(11(14)15)3-6(7(4)9)8(12)10-13/h2-3,13H,1H3,(H,10,12). The van der Waals surface area contributed by atoms with Gasteiger partial charge in [-0.25, -0.2) is 9.87 Å². The normalized spacial score (nSPS) is 9.80. The Morgan fingerprint density at radius 3 is 2.67 bits per heavy atom. The third-order valence-corrected chi connectivity index (χ3v) is 1.80. The van der Waals surface area contributed by atoms with Gasteiger partial charge >= 0.3 is 0 Å². The number of carbonyl (C=O) groups is 1. The molecule has 0 saturated carbocycles. The van der Waals surface area contributed by atoms with Gasteiger partial charge in [0.25, 0.3) is 11.6 Å². The van der Waals surface area contributed by atoms with Crippen molar-refractivity contribution in [2.45, 2.75) is 6.92 Å². The Bertz CT molecular complexity index is 433. The molecule has 1 rings (SSSR count). The van der Waals surface area contributed by atoms with Crippen LogP contribution in [0.4, 0.5) is 10.1 Å². The number of hydrogen-bond donors (Lipinski definition) is 2. The molecule has 0 saturated heterocycles. The van der Waals surface area contributed by atoms with Crippen LogP contribution in [0, 0.1) is 22.9 Å². The lowest BCUT2D eigenvalue weighted by molar-refractivity contribution is -0.385. The number of nitrogens with one attached hydrogen (secondary N) is 1. The monoisotopic (exact) mass is 214 g/mol. The maximum atomic E-state index is 13.3. The second-order valence-corrected chi connectivity index (χ2v) is 2.82. The lowest BCUT2D eigenvalue weighted by atomic mass is 10.1. The molecule has 0 aliphatic carbocycles. The van der Waals surface area contributed by atoms with Crippen LogP contribution in [-0.2, 0) is 0 Å². The zero-order chi connectivity index (χ0) is 11.6. The van der Waals surface area contributed by atoms with Crippen LogP contribution in [0.3, 0.4) is 0 Å². The molecule has 0 radical (unpaired) electrons. The van der Waals surface area contributed by atoms with Gasteiger partial charge in [0.05, 0.1) is 10.5 Å². The number of nitrogens with zero attached hydrogens (tertiary/aromatic N) is 1. The van der Waals surface area contributed by atoms with E-state index in [1.807, 2.05) is 0 Å². The number of non-ortho nitro benzene ring substituents is 1. The molecule has 2 N–H and O–H groups in total. The lowest BCUT2D eigenvalue weighted by Crippen LogP contribution is -2.20. The summed E-state index contributed by atoms with van der Waals surface area (Å²) in [6.07, 6.45) is 0.